The van der Waals surface area contributed by atoms with Crippen molar-refractivity contribution >= 4 is 0 Å². The number of benzene rings is 2. The molecule has 0 saturated carbocycles. The lowest BCUT2D eigenvalue weighted by Crippen LogP contribution is -2.41. The molecule has 1 aromatic heterocycles. The molecule has 4 nitrogen and oxygen atoms in total. The molecular formula is C27H32F3N3O. The van der Waals surface area contributed by atoms with E-state index in [0.717, 1.165) is 64.2 Å². The minimum absolute atomic E-state index is 0.411. The predicted molar refractivity (Wildman–Crippen MR) is 128 cm³/mol. The van der Waals surface area contributed by atoms with Gasteiger partial charge in [-0.2, -0.15) is 13.2 Å². The van der Waals surface area contributed by atoms with E-state index in [2.05, 4.69) is 51.6 Å². The Balaban J connectivity index is 1.48. The minimum Gasteiger partial charge on any atom is -0.379 e. The first kappa shape index (κ1) is 24.5. The van der Waals surface area contributed by atoms with Crippen molar-refractivity contribution in [2.75, 3.05) is 39.4 Å². The molecule has 0 spiro atoms. The van der Waals surface area contributed by atoms with E-state index in [0.29, 0.717) is 12.1 Å². The van der Waals surface area contributed by atoms with Gasteiger partial charge in [0.05, 0.1) is 18.8 Å². The van der Waals surface area contributed by atoms with E-state index < -0.39 is 11.7 Å². The van der Waals surface area contributed by atoms with Gasteiger partial charge < -0.3 is 9.30 Å². The fourth-order valence-corrected chi connectivity index (χ4v) is 4.37. The summed E-state index contributed by atoms with van der Waals surface area (Å²) in [7, 11) is 0. The largest absolute Gasteiger partial charge is 0.416 e. The Morgan fingerprint density at radius 2 is 1.74 bits per heavy atom. The van der Waals surface area contributed by atoms with Crippen LogP contribution in [0.1, 0.15) is 27.9 Å². The van der Waals surface area contributed by atoms with E-state index in [4.69, 9.17) is 4.74 Å². The Morgan fingerprint density at radius 3 is 2.50 bits per heavy atom. The second kappa shape index (κ2) is 11.2. The highest BCUT2D eigenvalue weighted by molar-refractivity contribution is 5.27. The first-order valence-corrected chi connectivity index (χ1v) is 11.8. The van der Waals surface area contributed by atoms with Gasteiger partial charge in [0, 0.05) is 57.7 Å². The molecule has 182 valence electrons. The SMILES string of the molecule is Cc1ccccc1CN(CCN1CCOCC1)Cc1cccn1Cc1cccc(C(F)(F)F)c1. The van der Waals surface area contributed by atoms with Crippen LogP contribution in [0.15, 0.2) is 66.9 Å². The van der Waals surface area contributed by atoms with E-state index >= 15 is 0 Å². The summed E-state index contributed by atoms with van der Waals surface area (Å²) in [6.45, 7) is 9.41. The molecule has 1 saturated heterocycles. The number of morpholine rings is 1. The molecule has 0 amide bonds. The van der Waals surface area contributed by atoms with Crippen LogP contribution in [0.3, 0.4) is 0 Å². The van der Waals surface area contributed by atoms with Crippen LogP contribution in [0, 0.1) is 6.92 Å². The number of ether oxygens (including phenoxy) is 1. The molecular weight excluding hydrogens is 439 g/mol. The highest BCUT2D eigenvalue weighted by Crippen LogP contribution is 2.29. The summed E-state index contributed by atoms with van der Waals surface area (Å²) in [5.74, 6) is 0. The van der Waals surface area contributed by atoms with Gasteiger partial charge >= 0.3 is 6.18 Å². The van der Waals surface area contributed by atoms with Crippen LogP contribution in [0.5, 0.6) is 0 Å². The molecule has 34 heavy (non-hydrogen) atoms. The maximum absolute atomic E-state index is 13.2. The van der Waals surface area contributed by atoms with E-state index in [1.54, 1.807) is 6.07 Å². The molecule has 3 aromatic rings. The summed E-state index contributed by atoms with van der Waals surface area (Å²) in [5.41, 5.74) is 3.68. The molecule has 1 aliphatic rings. The zero-order valence-corrected chi connectivity index (χ0v) is 19.6. The number of hydrogen-bond donors (Lipinski definition) is 0. The molecule has 7 heteroatoms. The number of hydrogen-bond acceptors (Lipinski definition) is 3. The molecule has 0 atom stereocenters. The van der Waals surface area contributed by atoms with Gasteiger partial charge in [0.15, 0.2) is 0 Å². The quantitative estimate of drug-likeness (QED) is 0.428. The highest BCUT2D eigenvalue weighted by atomic mass is 19.4. The van der Waals surface area contributed by atoms with Gasteiger partial charge in [0.1, 0.15) is 0 Å². The first-order chi connectivity index (χ1) is 16.4. The van der Waals surface area contributed by atoms with Crippen molar-refractivity contribution in [2.45, 2.75) is 32.7 Å². The van der Waals surface area contributed by atoms with Crippen molar-refractivity contribution in [3.63, 3.8) is 0 Å². The standard InChI is InChI=1S/C27H32F3N3O/c1-22-6-2-3-8-24(22)20-32(13-12-31-14-16-34-17-15-31)21-26-10-5-11-33(26)19-23-7-4-9-25(18-23)27(28,29)30/h2-11,18H,12-17,19-21H2,1H3. The first-order valence-electron chi connectivity index (χ1n) is 11.8. The molecule has 0 aliphatic carbocycles. The third-order valence-electron chi connectivity index (χ3n) is 6.41. The minimum atomic E-state index is -4.33. The van der Waals surface area contributed by atoms with Gasteiger partial charge in [-0.15, -0.1) is 0 Å². The molecule has 0 N–H and O–H groups in total. The number of aromatic nitrogens is 1. The van der Waals surface area contributed by atoms with Crippen molar-refractivity contribution in [1.82, 2.24) is 14.4 Å². The lowest BCUT2D eigenvalue weighted by atomic mass is 10.1. The summed E-state index contributed by atoms with van der Waals surface area (Å²) >= 11 is 0. The van der Waals surface area contributed by atoms with E-state index in [1.165, 1.54) is 23.3 Å². The van der Waals surface area contributed by atoms with Gasteiger partial charge in [0.2, 0.25) is 0 Å². The van der Waals surface area contributed by atoms with E-state index in [-0.39, 0.29) is 0 Å². The number of aryl methyl sites for hydroxylation is 1. The average molecular weight is 472 g/mol. The topological polar surface area (TPSA) is 20.6 Å². The maximum Gasteiger partial charge on any atom is 0.416 e. The Bertz CT molecular complexity index is 1060. The van der Waals surface area contributed by atoms with Crippen molar-refractivity contribution in [3.05, 3.63) is 94.8 Å². The molecule has 0 bridgehead atoms. The second-order valence-electron chi connectivity index (χ2n) is 8.92. The van der Waals surface area contributed by atoms with Crippen LogP contribution in [0.25, 0.3) is 0 Å². The van der Waals surface area contributed by atoms with Gasteiger partial charge in [-0.05, 0) is 47.9 Å². The van der Waals surface area contributed by atoms with Gasteiger partial charge in [-0.3, -0.25) is 9.80 Å². The summed E-state index contributed by atoms with van der Waals surface area (Å²) < 4.78 is 47.0. The van der Waals surface area contributed by atoms with Crippen LogP contribution < -0.4 is 0 Å². The molecule has 2 heterocycles. The van der Waals surface area contributed by atoms with Crippen LogP contribution in [0.2, 0.25) is 0 Å². The van der Waals surface area contributed by atoms with Crippen molar-refractivity contribution in [1.29, 1.82) is 0 Å². The third-order valence-corrected chi connectivity index (χ3v) is 6.41. The van der Waals surface area contributed by atoms with Crippen molar-refractivity contribution in [3.8, 4) is 0 Å². The van der Waals surface area contributed by atoms with E-state index in [9.17, 15) is 13.2 Å². The molecule has 0 unspecified atom stereocenters. The Morgan fingerprint density at radius 1 is 0.941 bits per heavy atom. The summed E-state index contributed by atoms with van der Waals surface area (Å²) in [4.78, 5) is 4.85. The van der Waals surface area contributed by atoms with E-state index in [1.807, 2.05) is 12.3 Å². The third kappa shape index (κ3) is 6.72. The fourth-order valence-electron chi connectivity index (χ4n) is 4.37. The molecule has 1 aliphatic heterocycles. The molecule has 1 fully saturated rings. The Kier molecular flexibility index (Phi) is 8.08. The Labute approximate surface area is 199 Å². The summed E-state index contributed by atoms with van der Waals surface area (Å²) in [5, 5.41) is 0. The van der Waals surface area contributed by atoms with Crippen molar-refractivity contribution in [2.24, 2.45) is 0 Å². The average Bonchev–Trinajstić information content (AvgIpc) is 3.25. The summed E-state index contributed by atoms with van der Waals surface area (Å²) in [6.07, 6.45) is -2.39. The predicted octanol–water partition coefficient (Wildman–Crippen LogP) is 5.20. The number of rotatable bonds is 9. The number of alkyl halides is 3. The van der Waals surface area contributed by atoms with Gasteiger partial charge in [-0.25, -0.2) is 0 Å². The normalized spacial score (nSPS) is 15.2. The van der Waals surface area contributed by atoms with Crippen LogP contribution in [-0.2, 0) is 30.5 Å². The zero-order valence-electron chi connectivity index (χ0n) is 19.6. The highest BCUT2D eigenvalue weighted by Gasteiger charge is 2.30. The van der Waals surface area contributed by atoms with Crippen LogP contribution in [-0.4, -0.2) is 53.8 Å². The number of nitrogens with zero attached hydrogens (tertiary/aromatic N) is 3. The lowest BCUT2D eigenvalue weighted by molar-refractivity contribution is -0.137. The Hall–Kier alpha value is -2.61. The number of halogens is 3. The van der Waals surface area contributed by atoms with Gasteiger partial charge in [0.25, 0.3) is 0 Å². The summed E-state index contributed by atoms with van der Waals surface area (Å²) in [6, 6.07) is 18.0. The monoisotopic (exact) mass is 471 g/mol. The molecule has 0 radical (unpaired) electrons. The van der Waals surface area contributed by atoms with Crippen LogP contribution >= 0.6 is 0 Å². The smallest absolute Gasteiger partial charge is 0.379 e. The fraction of sp³-hybridized carbons (Fsp3) is 0.407. The maximum atomic E-state index is 13.2. The molecule has 2 aromatic carbocycles. The molecule has 4 rings (SSSR count). The lowest BCUT2D eigenvalue weighted by Gasteiger charge is -2.30. The second-order valence-corrected chi connectivity index (χ2v) is 8.92. The zero-order chi connectivity index (χ0) is 24.0. The van der Waals surface area contributed by atoms with Crippen molar-refractivity contribution < 1.29 is 17.9 Å². The van der Waals surface area contributed by atoms with Crippen LogP contribution in [0.4, 0.5) is 13.2 Å². The van der Waals surface area contributed by atoms with Gasteiger partial charge in [-0.1, -0.05) is 36.4 Å².